The molecule has 0 radical (unpaired) electrons. The number of sulfone groups is 1. The molecule has 6 aliphatic carbocycles. The van der Waals surface area contributed by atoms with Crippen LogP contribution in [0.3, 0.4) is 0 Å². The van der Waals surface area contributed by atoms with Gasteiger partial charge in [-0.3, -0.25) is 9.69 Å². The maximum absolute atomic E-state index is 14.0. The maximum atomic E-state index is 14.0. The molecule has 1 aliphatic heterocycles. The van der Waals surface area contributed by atoms with Gasteiger partial charge in [-0.25, -0.2) is 12.8 Å². The summed E-state index contributed by atoms with van der Waals surface area (Å²) in [5.41, 5.74) is 3.22. The predicted octanol–water partition coefficient (Wildman–Crippen LogP) is 8.15. The van der Waals surface area contributed by atoms with E-state index < -0.39 is 34.0 Å². The molecule has 1 heterocycles. The van der Waals surface area contributed by atoms with E-state index in [1.165, 1.54) is 55.2 Å². The Morgan fingerprint density at radius 2 is 1.69 bits per heavy atom. The van der Waals surface area contributed by atoms with Gasteiger partial charge in [0.25, 0.3) is 0 Å². The number of carboxylic acid groups (broad SMARTS) is 1. The fourth-order valence-electron chi connectivity index (χ4n) is 15.0. The molecule has 11 atom stereocenters. The van der Waals surface area contributed by atoms with Crippen molar-refractivity contribution in [3.05, 3.63) is 35.5 Å². The largest absolute Gasteiger partial charge is 0.481 e. The molecule has 7 nitrogen and oxygen atoms in total. The van der Waals surface area contributed by atoms with Crippen molar-refractivity contribution < 1.29 is 27.8 Å². The highest BCUT2D eigenvalue weighted by Crippen LogP contribution is 2.76. The van der Waals surface area contributed by atoms with Gasteiger partial charge in [0.15, 0.2) is 9.84 Å². The number of nitrogens with one attached hydrogen (secondary N) is 1. The highest BCUT2D eigenvalue weighted by molar-refractivity contribution is 7.91. The lowest BCUT2D eigenvalue weighted by Gasteiger charge is -2.72. The zero-order valence-corrected chi connectivity index (χ0v) is 35.1. The second kappa shape index (κ2) is 14.1. The van der Waals surface area contributed by atoms with Crippen LogP contribution in [-0.2, 0) is 14.6 Å². The van der Waals surface area contributed by atoms with Crippen molar-refractivity contribution in [1.29, 1.82) is 0 Å². The van der Waals surface area contributed by atoms with Crippen molar-refractivity contribution in [2.75, 3.05) is 44.4 Å². The van der Waals surface area contributed by atoms with E-state index in [4.69, 9.17) is 0 Å². The van der Waals surface area contributed by atoms with Gasteiger partial charge in [-0.05, 0) is 153 Å². The van der Waals surface area contributed by atoms with E-state index in [0.29, 0.717) is 68.6 Å². The third kappa shape index (κ3) is 6.44. The molecule has 0 bridgehead atoms. The zero-order chi connectivity index (χ0) is 39.1. The number of fused-ring (bicyclic) bond motifs is 7. The van der Waals surface area contributed by atoms with Crippen molar-refractivity contribution in [2.45, 2.75) is 137 Å². The molecule has 54 heavy (non-hydrogen) atoms. The minimum Gasteiger partial charge on any atom is -0.481 e. The van der Waals surface area contributed by atoms with Gasteiger partial charge in [0.05, 0.1) is 23.0 Å². The van der Waals surface area contributed by atoms with E-state index in [9.17, 15) is 27.8 Å². The minimum absolute atomic E-state index is 0.0133. The van der Waals surface area contributed by atoms with Gasteiger partial charge in [-0.15, -0.1) is 6.58 Å². The molecule has 1 unspecified atom stereocenters. The van der Waals surface area contributed by atoms with E-state index in [0.717, 1.165) is 25.7 Å². The number of rotatable bonds is 10. The minimum atomic E-state index is -2.95. The van der Waals surface area contributed by atoms with Gasteiger partial charge < -0.3 is 15.5 Å². The van der Waals surface area contributed by atoms with Gasteiger partial charge >= 0.3 is 5.97 Å². The topological polar surface area (TPSA) is 107 Å². The zero-order valence-electron chi connectivity index (χ0n) is 34.3. The van der Waals surface area contributed by atoms with Crippen molar-refractivity contribution in [3.63, 3.8) is 0 Å². The molecule has 5 fully saturated rings. The van der Waals surface area contributed by atoms with Crippen LogP contribution in [0.4, 0.5) is 4.39 Å². The van der Waals surface area contributed by atoms with Crippen LogP contribution in [0.15, 0.2) is 35.5 Å². The lowest BCUT2D eigenvalue weighted by atomic mass is 9.33. The molecule has 0 aromatic carbocycles. The van der Waals surface area contributed by atoms with Crippen LogP contribution in [0.2, 0.25) is 0 Å². The standard InChI is InChI=1S/C45H71FN2O5S/c1-30(2)26-32-12-19-45(47-27-33(49)28-48-22-24-54(52,53)25-23-48)21-20-42(6)35(38(32)45)8-9-37-41(5)15-13-34(40(3,4)36(41)14-16-43(37,42)7)31-10-17-44(29-46,18-11-31)39(50)51/h10,13,32-33,35-38,47,49H,1,8-9,11-12,14-29H2,2-7H3,(H,50,51)/t32-,33?,35+,36-,37+,38+,41-,42+,43+,44-,45-/m0/s1. The predicted molar refractivity (Wildman–Crippen MR) is 214 cm³/mol. The van der Waals surface area contributed by atoms with Crippen LogP contribution in [0, 0.1) is 56.7 Å². The monoisotopic (exact) mass is 771 g/mol. The second-order valence-electron chi connectivity index (χ2n) is 21.0. The summed E-state index contributed by atoms with van der Waals surface area (Å²) >= 11 is 0. The molecule has 4 saturated carbocycles. The number of aliphatic hydroxyl groups is 1. The summed E-state index contributed by atoms with van der Waals surface area (Å²) in [7, 11) is -2.95. The number of carboxylic acids is 1. The van der Waals surface area contributed by atoms with Crippen molar-refractivity contribution in [1.82, 2.24) is 10.2 Å². The normalized spacial score (nSPS) is 44.8. The van der Waals surface area contributed by atoms with E-state index in [1.807, 2.05) is 0 Å². The molecular formula is C45H71FN2O5S. The number of allylic oxidation sites excluding steroid dienone is 5. The number of hydrogen-bond acceptors (Lipinski definition) is 6. The van der Waals surface area contributed by atoms with Crippen LogP contribution in [0.1, 0.15) is 125 Å². The third-order valence-electron chi connectivity index (χ3n) is 18.0. The first-order valence-corrected chi connectivity index (χ1v) is 23.3. The Hall–Kier alpha value is -1.55. The van der Waals surface area contributed by atoms with Crippen molar-refractivity contribution in [3.8, 4) is 0 Å². The molecule has 9 heteroatoms. The number of hydrogen-bond donors (Lipinski definition) is 3. The molecule has 1 saturated heterocycles. The molecule has 0 amide bonds. The Morgan fingerprint density at radius 1 is 0.963 bits per heavy atom. The van der Waals surface area contributed by atoms with E-state index in [1.54, 1.807) is 0 Å². The maximum Gasteiger partial charge on any atom is 0.312 e. The molecule has 0 aromatic heterocycles. The lowest BCUT2D eigenvalue weighted by molar-refractivity contribution is -0.222. The summed E-state index contributed by atoms with van der Waals surface area (Å²) in [6.07, 6.45) is 17.1. The van der Waals surface area contributed by atoms with Crippen LogP contribution < -0.4 is 5.32 Å². The first-order chi connectivity index (χ1) is 25.3. The van der Waals surface area contributed by atoms with E-state index in [-0.39, 0.29) is 45.1 Å². The summed E-state index contributed by atoms with van der Waals surface area (Å²) in [6, 6.07) is 0. The molecule has 0 aromatic rings. The Kier molecular flexibility index (Phi) is 10.6. The molecule has 3 N–H and O–H groups in total. The number of aliphatic hydroxyl groups excluding tert-OH is 1. The van der Waals surface area contributed by atoms with Gasteiger partial charge in [0.2, 0.25) is 0 Å². The summed E-state index contributed by atoms with van der Waals surface area (Å²) < 4.78 is 38.0. The Labute approximate surface area is 326 Å². The van der Waals surface area contributed by atoms with Crippen LogP contribution in [-0.4, -0.2) is 85.5 Å². The van der Waals surface area contributed by atoms with E-state index in [2.05, 4.69) is 70.5 Å². The Balaban J connectivity index is 1.12. The third-order valence-corrected chi connectivity index (χ3v) is 19.6. The molecule has 304 valence electrons. The fraction of sp³-hybridized carbons (Fsp3) is 0.844. The molecule has 7 rings (SSSR count). The van der Waals surface area contributed by atoms with Crippen LogP contribution in [0.25, 0.3) is 0 Å². The Bertz CT molecular complexity index is 1660. The molecule has 0 spiro atoms. The number of β-amino-alcohol motifs (C(OH)–C–C–N with tert-alkyl or cyclic N) is 1. The average molecular weight is 771 g/mol. The average Bonchev–Trinajstić information content (AvgIpc) is 3.46. The van der Waals surface area contributed by atoms with Crippen LogP contribution in [0.5, 0.6) is 0 Å². The Morgan fingerprint density at radius 3 is 2.31 bits per heavy atom. The van der Waals surface area contributed by atoms with Gasteiger partial charge in [-0.1, -0.05) is 52.3 Å². The number of alkyl halides is 1. The summed E-state index contributed by atoms with van der Waals surface area (Å²) in [5, 5.41) is 25.2. The van der Waals surface area contributed by atoms with E-state index >= 15 is 0 Å². The van der Waals surface area contributed by atoms with Gasteiger partial charge in [-0.2, -0.15) is 0 Å². The number of aliphatic carboxylic acids is 1. The number of halogens is 1. The van der Waals surface area contributed by atoms with Gasteiger partial charge in [0.1, 0.15) is 6.67 Å². The first kappa shape index (κ1) is 40.6. The van der Waals surface area contributed by atoms with Crippen LogP contribution >= 0.6 is 0 Å². The summed E-state index contributed by atoms with van der Waals surface area (Å²) in [6.45, 7) is 20.7. The van der Waals surface area contributed by atoms with Crippen molar-refractivity contribution in [2.24, 2.45) is 56.7 Å². The fourth-order valence-corrected chi connectivity index (χ4v) is 16.3. The quantitative estimate of drug-likeness (QED) is 0.193. The van der Waals surface area contributed by atoms with Gasteiger partial charge in [0, 0.05) is 31.7 Å². The molecule has 7 aliphatic rings. The SMILES string of the molecule is C=C(C)C[C@@H]1CC[C@]2(NCC(O)CN3CCS(=O)(=O)CC3)CC[C@]3(C)[C@H](CC[C@@H]4[C@@]5(C)CC=C(C6=CC[C@](CF)(C(=O)O)CC6)C(C)(C)[C@@H]5CC[C@]43C)[C@@H]12. The lowest BCUT2D eigenvalue weighted by Crippen LogP contribution is -2.68. The summed E-state index contributed by atoms with van der Waals surface area (Å²) in [4.78, 5) is 14.1. The highest BCUT2D eigenvalue weighted by atomic mass is 32.2. The number of nitrogens with zero attached hydrogens (tertiary/aromatic N) is 1. The van der Waals surface area contributed by atoms with Crippen molar-refractivity contribution >= 4 is 15.8 Å². The smallest absolute Gasteiger partial charge is 0.312 e. The first-order valence-electron chi connectivity index (χ1n) is 21.5. The highest BCUT2D eigenvalue weighted by Gasteiger charge is 2.70. The second-order valence-corrected chi connectivity index (χ2v) is 23.3. The summed E-state index contributed by atoms with van der Waals surface area (Å²) in [5.74, 6) is 2.25. The number of carbonyl (C=O) groups is 1. The molecular weight excluding hydrogens is 700 g/mol.